The molecule has 6 nitrogen and oxygen atoms in total. The fourth-order valence-electron chi connectivity index (χ4n) is 4.38. The van der Waals surface area contributed by atoms with E-state index in [1.54, 1.807) is 32.2 Å². The predicted molar refractivity (Wildman–Crippen MR) is 153 cm³/mol. The van der Waals surface area contributed by atoms with Gasteiger partial charge in [0.25, 0.3) is 0 Å². The Morgan fingerprint density at radius 2 is 1.77 bits per heavy atom. The third-order valence-corrected chi connectivity index (χ3v) is 6.99. The van der Waals surface area contributed by atoms with Crippen molar-refractivity contribution in [3.63, 3.8) is 0 Å². The first-order valence-electron chi connectivity index (χ1n) is 12.5. The van der Waals surface area contributed by atoms with Crippen molar-refractivity contribution in [1.29, 1.82) is 0 Å². The van der Waals surface area contributed by atoms with Gasteiger partial charge in [0.2, 0.25) is 5.56 Å². The number of carbonyl (C=O) groups excluding carboxylic acids is 2. The third kappa shape index (κ3) is 6.61. The average molecular weight is 582 g/mol. The lowest BCUT2D eigenvalue weighted by Gasteiger charge is -2.21. The molecule has 0 saturated heterocycles. The van der Waals surface area contributed by atoms with Crippen molar-refractivity contribution >= 4 is 35.0 Å². The monoisotopic (exact) mass is 581 g/mol. The van der Waals surface area contributed by atoms with Gasteiger partial charge in [-0.25, -0.2) is 9.18 Å². The number of carbonyl (C=O) groups is 2. The van der Waals surface area contributed by atoms with Crippen molar-refractivity contribution in [1.82, 2.24) is 4.57 Å². The second-order valence-corrected chi connectivity index (χ2v) is 10.0. The molecule has 3 aromatic carbocycles. The van der Waals surface area contributed by atoms with E-state index in [4.69, 9.17) is 32.7 Å². The molecule has 4 aromatic rings. The molecule has 1 heterocycles. The van der Waals surface area contributed by atoms with Crippen LogP contribution in [0.15, 0.2) is 77.7 Å². The molecule has 1 unspecified atom stereocenters. The van der Waals surface area contributed by atoms with E-state index < -0.39 is 17.7 Å². The molecule has 206 valence electrons. The summed E-state index contributed by atoms with van der Waals surface area (Å²) in [4.78, 5) is 37.3. The lowest BCUT2D eigenvalue weighted by molar-refractivity contribution is 0.0526. The second-order valence-electron chi connectivity index (χ2n) is 9.20. The molecule has 0 bridgehead atoms. The number of halogens is 3. The summed E-state index contributed by atoms with van der Waals surface area (Å²) in [5, 5.41) is 0.732. The largest absolute Gasteiger partial charge is 0.462 e. The number of rotatable bonds is 9. The van der Waals surface area contributed by atoms with Gasteiger partial charge in [-0.3, -0.25) is 9.59 Å². The highest BCUT2D eigenvalue weighted by molar-refractivity contribution is 6.33. The number of benzene rings is 3. The number of ketones is 1. The van der Waals surface area contributed by atoms with E-state index in [-0.39, 0.29) is 46.5 Å². The lowest BCUT2D eigenvalue weighted by Crippen LogP contribution is -2.18. The fourth-order valence-corrected chi connectivity index (χ4v) is 4.80. The van der Waals surface area contributed by atoms with Gasteiger partial charge in [0, 0.05) is 42.2 Å². The average Bonchev–Trinajstić information content (AvgIpc) is 2.91. The topological polar surface area (TPSA) is 74.6 Å². The molecule has 0 spiro atoms. The summed E-state index contributed by atoms with van der Waals surface area (Å²) < 4.78 is 27.5. The maximum Gasteiger partial charge on any atom is 0.339 e. The summed E-state index contributed by atoms with van der Waals surface area (Å²) in [6, 6.07) is 17.0. The minimum Gasteiger partial charge on any atom is -0.462 e. The Bertz CT molecular complexity index is 1650. The number of aryl methyl sites for hydroxylation is 2. The van der Waals surface area contributed by atoms with Gasteiger partial charge in [-0.2, -0.15) is 0 Å². The zero-order chi connectivity index (χ0) is 29.0. The van der Waals surface area contributed by atoms with Crippen LogP contribution in [0.25, 0.3) is 0 Å². The Hall–Kier alpha value is -3.94. The van der Waals surface area contributed by atoms with Crippen LogP contribution in [0.3, 0.4) is 0 Å². The number of esters is 1. The molecule has 0 saturated carbocycles. The van der Waals surface area contributed by atoms with Crippen LogP contribution in [-0.2, 0) is 11.8 Å². The maximum atomic E-state index is 15.4. The Kier molecular flexibility index (Phi) is 9.07. The van der Waals surface area contributed by atoms with Crippen molar-refractivity contribution in [2.45, 2.75) is 26.2 Å². The number of Topliss-reactive ketones (excluding diaryl/α,β-unsaturated/α-hetero) is 1. The van der Waals surface area contributed by atoms with E-state index in [9.17, 15) is 14.4 Å². The van der Waals surface area contributed by atoms with Crippen molar-refractivity contribution in [2.75, 3.05) is 6.61 Å². The summed E-state index contributed by atoms with van der Waals surface area (Å²) in [6.07, 6.45) is 1.52. The predicted octanol–water partition coefficient (Wildman–Crippen LogP) is 7.51. The Morgan fingerprint density at radius 1 is 1.00 bits per heavy atom. The molecule has 0 aliphatic heterocycles. The van der Waals surface area contributed by atoms with Crippen LogP contribution in [0, 0.1) is 12.7 Å². The van der Waals surface area contributed by atoms with Gasteiger partial charge in [-0.15, -0.1) is 0 Å². The number of ether oxygens (including phenoxy) is 2. The van der Waals surface area contributed by atoms with Crippen molar-refractivity contribution < 1.29 is 23.5 Å². The van der Waals surface area contributed by atoms with E-state index in [0.29, 0.717) is 16.1 Å². The minimum absolute atomic E-state index is 0.0282. The van der Waals surface area contributed by atoms with Crippen LogP contribution in [-0.4, -0.2) is 22.9 Å². The Balaban J connectivity index is 1.67. The molecule has 0 aliphatic carbocycles. The first-order chi connectivity index (χ1) is 19.1. The van der Waals surface area contributed by atoms with E-state index in [1.165, 1.54) is 53.2 Å². The Labute approximate surface area is 240 Å². The molecule has 0 N–H and O–H groups in total. The summed E-state index contributed by atoms with van der Waals surface area (Å²) in [7, 11) is 1.57. The van der Waals surface area contributed by atoms with Crippen molar-refractivity contribution in [2.24, 2.45) is 7.05 Å². The van der Waals surface area contributed by atoms with Crippen molar-refractivity contribution in [3.8, 4) is 11.5 Å². The standard InChI is InChI=1S/C31H26Cl2FNO5/c1-4-39-31(38)25-15-22(8-10-26(25)33)40-29-11-5-19(14-27(29)34)24(23-9-7-21(32)13-18(23)2)16-28(36)20-6-12-30(37)35(3)17-20/h5-15,17,24H,4,16H2,1-3H3. The van der Waals surface area contributed by atoms with Gasteiger partial charge < -0.3 is 14.0 Å². The summed E-state index contributed by atoms with van der Waals surface area (Å²) in [5.41, 5.74) is 2.46. The molecule has 1 aromatic heterocycles. The van der Waals surface area contributed by atoms with Crippen LogP contribution in [0.4, 0.5) is 4.39 Å². The van der Waals surface area contributed by atoms with Crippen LogP contribution in [0.5, 0.6) is 11.5 Å². The molecule has 40 heavy (non-hydrogen) atoms. The number of hydrogen-bond donors (Lipinski definition) is 0. The molecular formula is C31H26Cl2FNO5. The number of hydrogen-bond acceptors (Lipinski definition) is 5. The smallest absolute Gasteiger partial charge is 0.339 e. The highest BCUT2D eigenvalue weighted by Crippen LogP contribution is 2.36. The van der Waals surface area contributed by atoms with Gasteiger partial charge in [0.05, 0.1) is 17.2 Å². The highest BCUT2D eigenvalue weighted by atomic mass is 35.5. The first kappa shape index (κ1) is 29.1. The summed E-state index contributed by atoms with van der Waals surface area (Å²) >= 11 is 12.3. The number of pyridine rings is 1. The van der Waals surface area contributed by atoms with Crippen LogP contribution in [0.2, 0.25) is 10.0 Å². The molecule has 1 atom stereocenters. The van der Waals surface area contributed by atoms with E-state index >= 15 is 4.39 Å². The van der Waals surface area contributed by atoms with Gasteiger partial charge in [-0.1, -0.05) is 35.3 Å². The Morgan fingerprint density at radius 3 is 2.45 bits per heavy atom. The maximum absolute atomic E-state index is 15.4. The quantitative estimate of drug-likeness (QED) is 0.151. The molecule has 0 fully saturated rings. The van der Waals surface area contributed by atoms with Gasteiger partial charge in [0.1, 0.15) is 5.75 Å². The number of nitrogens with zero attached hydrogens (tertiary/aromatic N) is 1. The second kappa shape index (κ2) is 12.5. The van der Waals surface area contributed by atoms with Crippen LogP contribution < -0.4 is 10.3 Å². The zero-order valence-corrected chi connectivity index (χ0v) is 23.6. The molecule has 0 aliphatic rings. The van der Waals surface area contributed by atoms with Crippen molar-refractivity contribution in [3.05, 3.63) is 127 Å². The molecule has 0 radical (unpaired) electrons. The molecule has 9 heteroatoms. The summed E-state index contributed by atoms with van der Waals surface area (Å²) in [6.45, 7) is 3.73. The van der Waals surface area contributed by atoms with Gasteiger partial charge in [0.15, 0.2) is 17.3 Å². The normalized spacial score (nSPS) is 11.7. The van der Waals surface area contributed by atoms with E-state index in [2.05, 4.69) is 0 Å². The van der Waals surface area contributed by atoms with Crippen LogP contribution in [0.1, 0.15) is 56.7 Å². The van der Waals surface area contributed by atoms with E-state index in [1.807, 2.05) is 13.0 Å². The van der Waals surface area contributed by atoms with E-state index in [0.717, 1.165) is 11.1 Å². The summed E-state index contributed by atoms with van der Waals surface area (Å²) in [5.74, 6) is -1.85. The molecule has 0 amide bonds. The third-order valence-electron chi connectivity index (χ3n) is 6.42. The van der Waals surface area contributed by atoms with Gasteiger partial charge in [-0.05, 0) is 79.1 Å². The molecule has 4 rings (SSSR count). The first-order valence-corrected chi connectivity index (χ1v) is 13.2. The number of aromatic nitrogens is 1. The SMILES string of the molecule is CCOC(=O)c1cc(Oc2ccc(C(CC(=O)c3ccc(=O)n(C)c3)c3ccc(Cl)cc3C)cc2F)ccc1Cl. The highest BCUT2D eigenvalue weighted by Gasteiger charge is 2.23. The molecular weight excluding hydrogens is 556 g/mol. The van der Waals surface area contributed by atoms with Crippen LogP contribution >= 0.6 is 23.2 Å². The van der Waals surface area contributed by atoms with Gasteiger partial charge >= 0.3 is 5.97 Å². The minimum atomic E-state index is -0.656. The fraction of sp³-hybridized carbons (Fsp3) is 0.194. The lowest BCUT2D eigenvalue weighted by atomic mass is 9.84. The zero-order valence-electron chi connectivity index (χ0n) is 22.0.